The van der Waals surface area contributed by atoms with Crippen LogP contribution in [0.2, 0.25) is 0 Å². The van der Waals surface area contributed by atoms with Crippen molar-refractivity contribution in [2.24, 2.45) is 0 Å². The summed E-state index contributed by atoms with van der Waals surface area (Å²) in [7, 11) is 1.73. The van der Waals surface area contributed by atoms with Crippen molar-refractivity contribution in [1.29, 1.82) is 0 Å². The fraction of sp³-hybridized carbons (Fsp3) is 0.375. The van der Waals surface area contributed by atoms with Crippen LogP contribution in [0.3, 0.4) is 0 Å². The Hall–Kier alpha value is -2.14. The van der Waals surface area contributed by atoms with Crippen molar-refractivity contribution in [3.05, 3.63) is 47.8 Å². The van der Waals surface area contributed by atoms with Gasteiger partial charge in [-0.1, -0.05) is 18.2 Å². The highest BCUT2D eigenvalue weighted by Gasteiger charge is 2.15. The van der Waals surface area contributed by atoms with Crippen molar-refractivity contribution < 1.29 is 9.90 Å². The first kappa shape index (κ1) is 15.3. The molecular formula is C16H21N3O2. The zero-order valence-corrected chi connectivity index (χ0v) is 12.7. The Morgan fingerprint density at radius 2 is 2.14 bits per heavy atom. The molecule has 0 spiro atoms. The van der Waals surface area contributed by atoms with Gasteiger partial charge in [-0.25, -0.2) is 4.68 Å². The molecule has 1 amide bonds. The Bertz CT molecular complexity index is 619. The van der Waals surface area contributed by atoms with E-state index >= 15 is 0 Å². The molecular weight excluding hydrogens is 266 g/mol. The molecule has 0 aliphatic carbocycles. The van der Waals surface area contributed by atoms with Crippen LogP contribution >= 0.6 is 0 Å². The van der Waals surface area contributed by atoms with E-state index in [1.54, 1.807) is 35.9 Å². The topological polar surface area (TPSA) is 58.4 Å². The molecule has 1 unspecified atom stereocenters. The summed E-state index contributed by atoms with van der Waals surface area (Å²) < 4.78 is 1.71. The summed E-state index contributed by atoms with van der Waals surface area (Å²) in [5, 5.41) is 13.5. The van der Waals surface area contributed by atoms with E-state index in [2.05, 4.69) is 5.10 Å². The summed E-state index contributed by atoms with van der Waals surface area (Å²) in [6, 6.07) is 7.89. The fourth-order valence-electron chi connectivity index (χ4n) is 2.09. The third-order valence-corrected chi connectivity index (χ3v) is 3.42. The Kier molecular flexibility index (Phi) is 4.75. The Balaban J connectivity index is 2.13. The number of benzene rings is 1. The average molecular weight is 287 g/mol. The van der Waals surface area contributed by atoms with Crippen LogP contribution in [0.15, 0.2) is 36.7 Å². The summed E-state index contributed by atoms with van der Waals surface area (Å²) >= 11 is 0. The second-order valence-electron chi connectivity index (χ2n) is 5.32. The van der Waals surface area contributed by atoms with Gasteiger partial charge in [0.2, 0.25) is 0 Å². The highest BCUT2D eigenvalue weighted by molar-refractivity contribution is 5.93. The second kappa shape index (κ2) is 6.54. The highest BCUT2D eigenvalue weighted by Crippen LogP contribution is 2.14. The van der Waals surface area contributed by atoms with Gasteiger partial charge in [0.25, 0.3) is 5.91 Å². The largest absolute Gasteiger partial charge is 0.393 e. The number of amides is 1. The van der Waals surface area contributed by atoms with Crippen molar-refractivity contribution in [2.45, 2.75) is 26.4 Å². The molecule has 1 N–H and O–H groups in total. The third kappa shape index (κ3) is 3.70. The molecule has 0 aliphatic heterocycles. The van der Waals surface area contributed by atoms with E-state index in [1.165, 1.54) is 0 Å². The van der Waals surface area contributed by atoms with Crippen LogP contribution < -0.4 is 0 Å². The lowest BCUT2D eigenvalue weighted by Crippen LogP contribution is -2.29. The number of para-hydroxylation sites is 1. The van der Waals surface area contributed by atoms with Crippen molar-refractivity contribution in [1.82, 2.24) is 14.7 Å². The van der Waals surface area contributed by atoms with Crippen molar-refractivity contribution in [3.63, 3.8) is 0 Å². The van der Waals surface area contributed by atoms with Crippen LogP contribution in [0.4, 0.5) is 0 Å². The molecule has 5 nitrogen and oxygen atoms in total. The number of aliphatic hydroxyl groups is 1. The monoisotopic (exact) mass is 287 g/mol. The van der Waals surface area contributed by atoms with E-state index in [4.69, 9.17) is 0 Å². The first-order valence-electron chi connectivity index (χ1n) is 7.03. The molecule has 1 aromatic carbocycles. The van der Waals surface area contributed by atoms with Crippen LogP contribution in [0, 0.1) is 6.92 Å². The first-order valence-corrected chi connectivity index (χ1v) is 7.03. The molecule has 0 fully saturated rings. The predicted octanol–water partition coefficient (Wildman–Crippen LogP) is 2.02. The molecule has 1 heterocycles. The van der Waals surface area contributed by atoms with Crippen LogP contribution in [0.1, 0.15) is 29.3 Å². The maximum atomic E-state index is 12.3. The number of rotatable bonds is 5. The molecule has 21 heavy (non-hydrogen) atoms. The number of hydrogen-bond acceptors (Lipinski definition) is 3. The molecule has 0 saturated heterocycles. The standard InChI is InChI=1S/C16H21N3O2/c1-12-6-4-5-7-15(12)19-11-14(10-17-19)16(21)18(3)9-8-13(2)20/h4-7,10-11,13,20H,8-9H2,1-3H3. The zero-order valence-electron chi connectivity index (χ0n) is 12.7. The Labute approximate surface area is 124 Å². The molecule has 1 atom stereocenters. The van der Waals surface area contributed by atoms with E-state index in [0.29, 0.717) is 18.5 Å². The molecule has 0 radical (unpaired) electrons. The average Bonchev–Trinajstić information content (AvgIpc) is 2.94. The molecule has 0 aliphatic rings. The van der Waals surface area contributed by atoms with E-state index in [9.17, 15) is 9.90 Å². The van der Waals surface area contributed by atoms with Crippen LogP contribution in [0.25, 0.3) is 5.69 Å². The van der Waals surface area contributed by atoms with Gasteiger partial charge in [-0.3, -0.25) is 4.79 Å². The Morgan fingerprint density at radius 1 is 1.43 bits per heavy atom. The van der Waals surface area contributed by atoms with Gasteiger partial charge in [-0.15, -0.1) is 0 Å². The van der Waals surface area contributed by atoms with Gasteiger partial charge in [0, 0.05) is 19.8 Å². The zero-order chi connectivity index (χ0) is 15.4. The van der Waals surface area contributed by atoms with E-state index in [-0.39, 0.29) is 5.91 Å². The maximum Gasteiger partial charge on any atom is 0.256 e. The molecule has 1 aromatic heterocycles. The van der Waals surface area contributed by atoms with Crippen molar-refractivity contribution in [3.8, 4) is 5.69 Å². The summed E-state index contributed by atoms with van der Waals surface area (Å²) in [5.41, 5.74) is 2.61. The van der Waals surface area contributed by atoms with E-state index < -0.39 is 6.10 Å². The number of aliphatic hydroxyl groups excluding tert-OH is 1. The van der Waals surface area contributed by atoms with Gasteiger partial charge < -0.3 is 10.0 Å². The van der Waals surface area contributed by atoms with Gasteiger partial charge in [0.15, 0.2) is 0 Å². The number of aryl methyl sites for hydroxylation is 1. The fourth-order valence-corrected chi connectivity index (χ4v) is 2.09. The van der Waals surface area contributed by atoms with E-state index in [0.717, 1.165) is 11.3 Å². The molecule has 2 rings (SSSR count). The second-order valence-corrected chi connectivity index (χ2v) is 5.32. The summed E-state index contributed by atoms with van der Waals surface area (Å²) in [6.45, 7) is 4.24. The number of carbonyl (C=O) groups excluding carboxylic acids is 1. The third-order valence-electron chi connectivity index (χ3n) is 3.42. The normalized spacial score (nSPS) is 12.2. The molecule has 0 bridgehead atoms. The van der Waals surface area contributed by atoms with Crippen LogP contribution in [-0.2, 0) is 0 Å². The molecule has 5 heteroatoms. The van der Waals surface area contributed by atoms with Crippen LogP contribution in [0.5, 0.6) is 0 Å². The van der Waals surface area contributed by atoms with Crippen LogP contribution in [-0.4, -0.2) is 45.4 Å². The maximum absolute atomic E-state index is 12.3. The lowest BCUT2D eigenvalue weighted by molar-refractivity contribution is 0.0769. The molecule has 0 saturated carbocycles. The Morgan fingerprint density at radius 3 is 2.81 bits per heavy atom. The number of hydrogen-bond donors (Lipinski definition) is 1. The summed E-state index contributed by atoms with van der Waals surface area (Å²) in [4.78, 5) is 13.9. The lowest BCUT2D eigenvalue weighted by Gasteiger charge is -2.16. The quantitative estimate of drug-likeness (QED) is 0.915. The predicted molar refractivity (Wildman–Crippen MR) is 81.6 cm³/mol. The lowest BCUT2D eigenvalue weighted by atomic mass is 10.2. The number of aromatic nitrogens is 2. The SMILES string of the molecule is Cc1ccccc1-n1cc(C(=O)N(C)CCC(C)O)cn1. The highest BCUT2D eigenvalue weighted by atomic mass is 16.3. The van der Waals surface area contributed by atoms with Crippen molar-refractivity contribution >= 4 is 5.91 Å². The summed E-state index contributed by atoms with van der Waals surface area (Å²) in [6.07, 6.45) is 3.47. The van der Waals surface area contributed by atoms with E-state index in [1.807, 2.05) is 31.2 Å². The van der Waals surface area contributed by atoms with Crippen molar-refractivity contribution in [2.75, 3.05) is 13.6 Å². The van der Waals surface area contributed by atoms with Gasteiger partial charge in [0.1, 0.15) is 0 Å². The van der Waals surface area contributed by atoms with Gasteiger partial charge >= 0.3 is 0 Å². The van der Waals surface area contributed by atoms with Gasteiger partial charge in [-0.05, 0) is 31.9 Å². The minimum atomic E-state index is -0.407. The molecule has 2 aromatic rings. The minimum Gasteiger partial charge on any atom is -0.393 e. The van der Waals surface area contributed by atoms with Gasteiger partial charge in [0.05, 0.1) is 23.6 Å². The number of carbonyl (C=O) groups is 1. The van der Waals surface area contributed by atoms with Gasteiger partial charge in [-0.2, -0.15) is 5.10 Å². The summed E-state index contributed by atoms with van der Waals surface area (Å²) in [5.74, 6) is -0.0875. The molecule has 112 valence electrons. The number of nitrogens with zero attached hydrogens (tertiary/aromatic N) is 3. The first-order chi connectivity index (χ1) is 9.99. The smallest absolute Gasteiger partial charge is 0.256 e. The minimum absolute atomic E-state index is 0.0875.